The molecule has 6 nitrogen and oxygen atoms in total. The summed E-state index contributed by atoms with van der Waals surface area (Å²) in [4.78, 5) is 12.6. The summed E-state index contributed by atoms with van der Waals surface area (Å²) in [5, 5.41) is 5.88. The molecule has 0 aromatic heterocycles. The zero-order chi connectivity index (χ0) is 18.6. The summed E-state index contributed by atoms with van der Waals surface area (Å²) in [6.45, 7) is 7.75. The molecule has 7 heteroatoms. The van der Waals surface area contributed by atoms with Crippen molar-refractivity contribution in [2.45, 2.75) is 38.5 Å². The van der Waals surface area contributed by atoms with Crippen LogP contribution < -0.4 is 10.6 Å². The van der Waals surface area contributed by atoms with Crippen LogP contribution in [-0.4, -0.2) is 51.9 Å². The molecule has 1 amide bonds. The Labute approximate surface area is 151 Å². The van der Waals surface area contributed by atoms with Crippen molar-refractivity contribution < 1.29 is 13.2 Å². The van der Waals surface area contributed by atoms with Crippen LogP contribution in [0.3, 0.4) is 0 Å². The van der Waals surface area contributed by atoms with E-state index in [1.807, 2.05) is 40.0 Å². The first kappa shape index (κ1) is 19.9. The zero-order valence-corrected chi connectivity index (χ0v) is 16.4. The van der Waals surface area contributed by atoms with Crippen LogP contribution in [0, 0.1) is 26.7 Å². The number of aryl methyl sites for hydroxylation is 3. The monoisotopic (exact) mass is 367 g/mol. The van der Waals surface area contributed by atoms with Crippen LogP contribution >= 0.6 is 0 Å². The Bertz CT molecular complexity index is 700. The lowest BCUT2D eigenvalue weighted by Gasteiger charge is -2.31. The molecule has 1 saturated heterocycles. The number of hydrogen-bond acceptors (Lipinski definition) is 4. The van der Waals surface area contributed by atoms with Crippen molar-refractivity contribution in [1.29, 1.82) is 0 Å². The minimum atomic E-state index is -3.52. The van der Waals surface area contributed by atoms with Crippen molar-refractivity contribution in [3.63, 3.8) is 0 Å². The standard InChI is InChI=1S/C18H29N3O3S/c1-13-11-14(2)17(15(3)12-13)25(23,24)21-9-5-16(6-10-21)18(22)20-8-7-19-4/h11-12,16,19H,5-10H2,1-4H3,(H,20,22). The van der Waals surface area contributed by atoms with Gasteiger partial charge in [0.05, 0.1) is 4.90 Å². The number of carbonyl (C=O) groups excluding carboxylic acids is 1. The Morgan fingerprint density at radius 1 is 1.12 bits per heavy atom. The van der Waals surface area contributed by atoms with Gasteiger partial charge in [0.15, 0.2) is 0 Å². The van der Waals surface area contributed by atoms with Gasteiger partial charge < -0.3 is 10.6 Å². The van der Waals surface area contributed by atoms with Crippen molar-refractivity contribution >= 4 is 15.9 Å². The minimum absolute atomic E-state index is 0.0231. The van der Waals surface area contributed by atoms with E-state index in [1.54, 1.807) is 0 Å². The Morgan fingerprint density at radius 2 is 1.68 bits per heavy atom. The molecule has 1 fully saturated rings. The van der Waals surface area contributed by atoms with Crippen LogP contribution in [0.25, 0.3) is 0 Å². The fraction of sp³-hybridized carbons (Fsp3) is 0.611. The number of amides is 1. The zero-order valence-electron chi connectivity index (χ0n) is 15.6. The predicted octanol–water partition coefficient (Wildman–Crippen LogP) is 1.35. The van der Waals surface area contributed by atoms with Crippen molar-refractivity contribution in [3.8, 4) is 0 Å². The molecule has 0 unspecified atom stereocenters. The van der Waals surface area contributed by atoms with E-state index in [4.69, 9.17) is 0 Å². The molecule has 1 aromatic rings. The van der Waals surface area contributed by atoms with E-state index < -0.39 is 10.0 Å². The van der Waals surface area contributed by atoms with Crippen LogP contribution in [0.5, 0.6) is 0 Å². The average molecular weight is 368 g/mol. The van der Waals surface area contributed by atoms with Gasteiger partial charge in [-0.25, -0.2) is 8.42 Å². The Kier molecular flexibility index (Phi) is 6.59. The number of likely N-dealkylation sites (N-methyl/N-ethyl adjacent to an activating group) is 1. The lowest BCUT2D eigenvalue weighted by Crippen LogP contribution is -2.44. The highest BCUT2D eigenvalue weighted by molar-refractivity contribution is 7.89. The first-order valence-corrected chi connectivity index (χ1v) is 10.2. The molecule has 0 radical (unpaired) electrons. The Balaban J connectivity index is 2.06. The summed E-state index contributed by atoms with van der Waals surface area (Å²) < 4.78 is 27.6. The number of rotatable bonds is 6. The second-order valence-electron chi connectivity index (χ2n) is 6.80. The predicted molar refractivity (Wildman–Crippen MR) is 99.1 cm³/mol. The van der Waals surface area contributed by atoms with Crippen LogP contribution in [-0.2, 0) is 14.8 Å². The molecule has 1 aromatic carbocycles. The number of nitrogens with zero attached hydrogens (tertiary/aromatic N) is 1. The van der Waals surface area contributed by atoms with E-state index in [0.29, 0.717) is 37.4 Å². The average Bonchev–Trinajstić information content (AvgIpc) is 2.54. The summed E-state index contributed by atoms with van der Waals surface area (Å²) in [5.41, 5.74) is 2.62. The van der Waals surface area contributed by atoms with Crippen molar-refractivity contribution in [1.82, 2.24) is 14.9 Å². The van der Waals surface area contributed by atoms with Gasteiger partial charge in [0, 0.05) is 32.1 Å². The van der Waals surface area contributed by atoms with Gasteiger partial charge in [-0.15, -0.1) is 0 Å². The summed E-state index contributed by atoms with van der Waals surface area (Å²) in [6, 6.07) is 3.81. The quantitative estimate of drug-likeness (QED) is 0.744. The van der Waals surface area contributed by atoms with Crippen LogP contribution in [0.4, 0.5) is 0 Å². The van der Waals surface area contributed by atoms with Gasteiger partial charge >= 0.3 is 0 Å². The summed E-state index contributed by atoms with van der Waals surface area (Å²) in [6.07, 6.45) is 1.13. The lowest BCUT2D eigenvalue weighted by molar-refractivity contribution is -0.126. The highest BCUT2D eigenvalue weighted by Crippen LogP contribution is 2.28. The van der Waals surface area contributed by atoms with E-state index in [9.17, 15) is 13.2 Å². The summed E-state index contributed by atoms with van der Waals surface area (Å²) in [7, 11) is -1.68. The fourth-order valence-electron chi connectivity index (χ4n) is 3.52. The number of piperidine rings is 1. The second kappa shape index (κ2) is 8.29. The molecule has 2 rings (SSSR count). The Morgan fingerprint density at radius 3 is 2.20 bits per heavy atom. The van der Waals surface area contributed by atoms with Crippen molar-refractivity contribution in [3.05, 3.63) is 28.8 Å². The third-order valence-corrected chi connectivity index (χ3v) is 6.91. The van der Waals surface area contributed by atoms with E-state index in [0.717, 1.165) is 23.2 Å². The van der Waals surface area contributed by atoms with Gasteiger partial charge in [0.1, 0.15) is 0 Å². The number of benzene rings is 1. The van der Waals surface area contributed by atoms with Gasteiger partial charge in [-0.2, -0.15) is 4.31 Å². The van der Waals surface area contributed by atoms with Crippen molar-refractivity contribution in [2.75, 3.05) is 33.2 Å². The maximum absolute atomic E-state index is 13.0. The normalized spacial score (nSPS) is 16.8. The molecule has 0 bridgehead atoms. The van der Waals surface area contributed by atoms with Crippen LogP contribution in [0.15, 0.2) is 17.0 Å². The maximum Gasteiger partial charge on any atom is 0.243 e. The molecule has 0 spiro atoms. The molecule has 1 aliphatic heterocycles. The number of nitrogens with one attached hydrogen (secondary N) is 2. The van der Waals surface area contributed by atoms with Gasteiger partial charge in [-0.3, -0.25) is 4.79 Å². The molecule has 0 saturated carbocycles. The van der Waals surface area contributed by atoms with Gasteiger partial charge in [-0.05, 0) is 51.8 Å². The number of hydrogen-bond donors (Lipinski definition) is 2. The van der Waals surface area contributed by atoms with E-state index in [2.05, 4.69) is 10.6 Å². The van der Waals surface area contributed by atoms with E-state index >= 15 is 0 Å². The second-order valence-corrected chi connectivity index (χ2v) is 8.68. The Hall–Kier alpha value is -1.44. The fourth-order valence-corrected chi connectivity index (χ4v) is 5.40. The molecule has 0 atom stereocenters. The first-order chi connectivity index (χ1) is 11.8. The third-order valence-electron chi connectivity index (χ3n) is 4.70. The smallest absolute Gasteiger partial charge is 0.243 e. The molecule has 25 heavy (non-hydrogen) atoms. The molecule has 140 valence electrons. The largest absolute Gasteiger partial charge is 0.355 e. The summed E-state index contributed by atoms with van der Waals surface area (Å²) in [5.74, 6) is -0.0847. The topological polar surface area (TPSA) is 78.5 Å². The van der Waals surface area contributed by atoms with Gasteiger partial charge in [0.25, 0.3) is 0 Å². The van der Waals surface area contributed by atoms with E-state index in [1.165, 1.54) is 4.31 Å². The molecular weight excluding hydrogens is 338 g/mol. The SMILES string of the molecule is CNCCNC(=O)C1CCN(S(=O)(=O)c2c(C)cc(C)cc2C)CC1. The molecule has 1 aliphatic rings. The van der Waals surface area contributed by atoms with Gasteiger partial charge in [0.2, 0.25) is 15.9 Å². The van der Waals surface area contributed by atoms with Crippen LogP contribution in [0.1, 0.15) is 29.5 Å². The molecule has 0 aliphatic carbocycles. The first-order valence-electron chi connectivity index (χ1n) is 8.77. The number of carbonyl (C=O) groups is 1. The van der Waals surface area contributed by atoms with Crippen molar-refractivity contribution in [2.24, 2.45) is 5.92 Å². The minimum Gasteiger partial charge on any atom is -0.355 e. The maximum atomic E-state index is 13.0. The lowest BCUT2D eigenvalue weighted by atomic mass is 9.97. The highest BCUT2D eigenvalue weighted by Gasteiger charge is 2.33. The van der Waals surface area contributed by atoms with Gasteiger partial charge in [-0.1, -0.05) is 17.7 Å². The molecule has 2 N–H and O–H groups in total. The highest BCUT2D eigenvalue weighted by atomic mass is 32.2. The van der Waals surface area contributed by atoms with E-state index in [-0.39, 0.29) is 11.8 Å². The third kappa shape index (κ3) is 4.59. The van der Waals surface area contributed by atoms with Crippen LogP contribution in [0.2, 0.25) is 0 Å². The molecular formula is C18H29N3O3S. The summed E-state index contributed by atoms with van der Waals surface area (Å²) >= 11 is 0. The number of sulfonamides is 1. The molecule has 1 heterocycles.